The number of ether oxygens (including phenoxy) is 3. The van der Waals surface area contributed by atoms with Gasteiger partial charge in [-0.3, -0.25) is 9.59 Å². The summed E-state index contributed by atoms with van der Waals surface area (Å²) >= 11 is 6.23. The summed E-state index contributed by atoms with van der Waals surface area (Å²) in [5.74, 6) is 0.935. The number of carbonyl (C=O) groups excluding carboxylic acids is 2. The van der Waals surface area contributed by atoms with Crippen molar-refractivity contribution in [1.82, 2.24) is 10.2 Å². The lowest BCUT2D eigenvalue weighted by Gasteiger charge is -2.32. The van der Waals surface area contributed by atoms with E-state index in [1.807, 2.05) is 56.3 Å². The molecule has 2 amide bonds. The van der Waals surface area contributed by atoms with Gasteiger partial charge in [0.1, 0.15) is 23.3 Å². The van der Waals surface area contributed by atoms with Crippen molar-refractivity contribution in [2.24, 2.45) is 0 Å². The monoisotopic (exact) mass is 538 g/mol. The fourth-order valence-electron chi connectivity index (χ4n) is 3.92. The maximum atomic E-state index is 13.7. The molecule has 0 aliphatic rings. The molecule has 0 bridgehead atoms. The topological polar surface area (TPSA) is 77.1 Å². The molecule has 1 N–H and O–H groups in total. The van der Waals surface area contributed by atoms with Gasteiger partial charge >= 0.3 is 0 Å². The molecule has 0 radical (unpaired) electrons. The molecular weight excluding hydrogens is 504 g/mol. The molecule has 3 aromatic rings. The predicted molar refractivity (Wildman–Crippen MR) is 149 cm³/mol. The van der Waals surface area contributed by atoms with Crippen molar-refractivity contribution in [1.29, 1.82) is 0 Å². The molecule has 0 aliphatic heterocycles. The lowest BCUT2D eigenvalue weighted by molar-refractivity contribution is -0.143. The average molecular weight is 539 g/mol. The molecule has 3 rings (SSSR count). The largest absolute Gasteiger partial charge is 0.496 e. The first kappa shape index (κ1) is 28.9. The van der Waals surface area contributed by atoms with E-state index in [-0.39, 0.29) is 31.0 Å². The summed E-state index contributed by atoms with van der Waals surface area (Å²) in [5.41, 5.74) is 1.75. The molecule has 0 saturated heterocycles. The maximum absolute atomic E-state index is 13.7. The quantitative estimate of drug-likeness (QED) is 0.320. The Morgan fingerprint density at radius 2 is 1.53 bits per heavy atom. The number of nitrogens with one attached hydrogen (secondary N) is 1. The van der Waals surface area contributed by atoms with Gasteiger partial charge in [0.05, 0.1) is 14.2 Å². The Kier molecular flexibility index (Phi) is 10.8. The molecule has 0 saturated carbocycles. The first-order valence-electron chi connectivity index (χ1n) is 12.6. The summed E-state index contributed by atoms with van der Waals surface area (Å²) in [4.78, 5) is 28.9. The van der Waals surface area contributed by atoms with E-state index in [0.717, 1.165) is 17.5 Å². The van der Waals surface area contributed by atoms with E-state index in [4.69, 9.17) is 25.8 Å². The van der Waals surface area contributed by atoms with Crippen LogP contribution < -0.4 is 19.5 Å². The minimum Gasteiger partial charge on any atom is -0.496 e. The second-order valence-corrected chi connectivity index (χ2v) is 9.45. The molecule has 8 heteroatoms. The zero-order valence-electron chi connectivity index (χ0n) is 22.3. The number of hydrogen-bond donors (Lipinski definition) is 1. The van der Waals surface area contributed by atoms with Gasteiger partial charge in [-0.1, -0.05) is 61.0 Å². The zero-order valence-corrected chi connectivity index (χ0v) is 23.0. The van der Waals surface area contributed by atoms with Gasteiger partial charge < -0.3 is 24.4 Å². The number of nitrogens with zero attached hydrogens (tertiary/aromatic N) is 1. The number of benzene rings is 3. The van der Waals surface area contributed by atoms with Crippen LogP contribution in [0.15, 0.2) is 72.8 Å². The molecule has 202 valence electrons. The number of carbonyl (C=O) groups is 2. The maximum Gasteiger partial charge on any atom is 0.261 e. The molecule has 0 aromatic heterocycles. The third-order valence-electron chi connectivity index (χ3n) is 6.20. The van der Waals surface area contributed by atoms with Crippen LogP contribution in [0.2, 0.25) is 5.02 Å². The Bertz CT molecular complexity index is 1180. The smallest absolute Gasteiger partial charge is 0.261 e. The van der Waals surface area contributed by atoms with Crippen molar-refractivity contribution in [3.63, 3.8) is 0 Å². The predicted octanol–water partition coefficient (Wildman–Crippen LogP) is 5.29. The molecular formula is C30H35ClN2O5. The zero-order chi connectivity index (χ0) is 27.5. The Labute approximate surface area is 229 Å². The summed E-state index contributed by atoms with van der Waals surface area (Å²) < 4.78 is 16.5. The molecule has 0 spiro atoms. The first-order valence-corrected chi connectivity index (χ1v) is 12.9. The Hall–Kier alpha value is -3.71. The summed E-state index contributed by atoms with van der Waals surface area (Å²) in [6.45, 7) is 3.86. The Morgan fingerprint density at radius 3 is 2.13 bits per heavy atom. The second-order valence-electron chi connectivity index (χ2n) is 9.01. The van der Waals surface area contributed by atoms with Crippen molar-refractivity contribution in [2.45, 2.75) is 45.3 Å². The lowest BCUT2D eigenvalue weighted by Crippen LogP contribution is -2.53. The van der Waals surface area contributed by atoms with Crippen LogP contribution >= 0.6 is 11.6 Å². The number of methoxy groups -OCH3 is 2. The molecule has 38 heavy (non-hydrogen) atoms. The van der Waals surface area contributed by atoms with Gasteiger partial charge in [0, 0.05) is 42.2 Å². The number of hydrogen-bond acceptors (Lipinski definition) is 5. The van der Waals surface area contributed by atoms with Gasteiger partial charge in [0.2, 0.25) is 5.91 Å². The third kappa shape index (κ3) is 8.42. The number of amides is 2. The minimum atomic E-state index is -0.763. The van der Waals surface area contributed by atoms with Crippen LogP contribution in [0.5, 0.6) is 17.2 Å². The summed E-state index contributed by atoms with van der Waals surface area (Å²) in [7, 11) is 3.08. The lowest BCUT2D eigenvalue weighted by atomic mass is 10.0. The molecule has 2 atom stereocenters. The molecule has 0 aliphatic carbocycles. The molecule has 3 aromatic carbocycles. The van der Waals surface area contributed by atoms with Crippen LogP contribution in [0.4, 0.5) is 0 Å². The second kappa shape index (κ2) is 14.3. The van der Waals surface area contributed by atoms with E-state index in [1.54, 1.807) is 49.5 Å². The van der Waals surface area contributed by atoms with Crippen molar-refractivity contribution < 1.29 is 23.8 Å². The molecule has 7 nitrogen and oxygen atoms in total. The van der Waals surface area contributed by atoms with Crippen molar-refractivity contribution in [2.75, 3.05) is 20.8 Å². The molecule has 0 fully saturated rings. The fourth-order valence-corrected chi connectivity index (χ4v) is 4.13. The van der Waals surface area contributed by atoms with Crippen LogP contribution in [-0.2, 0) is 22.6 Å². The molecule has 0 unspecified atom stereocenters. The van der Waals surface area contributed by atoms with Crippen LogP contribution in [-0.4, -0.2) is 49.6 Å². The molecule has 0 heterocycles. The van der Waals surface area contributed by atoms with Crippen molar-refractivity contribution in [3.05, 3.63) is 88.9 Å². The highest BCUT2D eigenvalue weighted by atomic mass is 35.5. The van der Waals surface area contributed by atoms with E-state index in [9.17, 15) is 9.59 Å². The van der Waals surface area contributed by atoms with Gasteiger partial charge in [-0.2, -0.15) is 0 Å². The third-order valence-corrected chi connectivity index (χ3v) is 6.44. The van der Waals surface area contributed by atoms with E-state index >= 15 is 0 Å². The van der Waals surface area contributed by atoms with E-state index in [0.29, 0.717) is 28.7 Å². The van der Waals surface area contributed by atoms with Gasteiger partial charge in [-0.05, 0) is 36.6 Å². The van der Waals surface area contributed by atoms with Gasteiger partial charge in [0.15, 0.2) is 6.61 Å². The Balaban J connectivity index is 1.93. The minimum absolute atomic E-state index is 0.0376. The highest BCUT2D eigenvalue weighted by Gasteiger charge is 2.31. The van der Waals surface area contributed by atoms with Gasteiger partial charge in [-0.15, -0.1) is 0 Å². The van der Waals surface area contributed by atoms with E-state index in [2.05, 4.69) is 5.32 Å². The summed E-state index contributed by atoms with van der Waals surface area (Å²) in [5, 5.41) is 3.61. The van der Waals surface area contributed by atoms with E-state index < -0.39 is 6.04 Å². The van der Waals surface area contributed by atoms with Crippen LogP contribution in [0, 0.1) is 0 Å². The SMILES string of the molecule is CC[C@H](C)NC(=O)[C@@H](Cc1ccccc1)N(Cc1cccc(Cl)c1)C(=O)COc1cc(OC)cc(OC)c1. The first-order chi connectivity index (χ1) is 18.3. The van der Waals surface area contributed by atoms with Crippen molar-refractivity contribution >= 4 is 23.4 Å². The highest BCUT2D eigenvalue weighted by Crippen LogP contribution is 2.27. The number of rotatable bonds is 13. The van der Waals surface area contributed by atoms with Gasteiger partial charge in [0.25, 0.3) is 5.91 Å². The van der Waals surface area contributed by atoms with Gasteiger partial charge in [-0.25, -0.2) is 0 Å². The van der Waals surface area contributed by atoms with Crippen molar-refractivity contribution in [3.8, 4) is 17.2 Å². The van der Waals surface area contributed by atoms with Crippen LogP contribution in [0.25, 0.3) is 0 Å². The number of halogens is 1. The fraction of sp³-hybridized carbons (Fsp3) is 0.333. The van der Waals surface area contributed by atoms with E-state index in [1.165, 1.54) is 0 Å². The summed E-state index contributed by atoms with van der Waals surface area (Å²) in [6.07, 6.45) is 1.12. The van der Waals surface area contributed by atoms with Crippen LogP contribution in [0.3, 0.4) is 0 Å². The Morgan fingerprint density at radius 1 is 0.895 bits per heavy atom. The highest BCUT2D eigenvalue weighted by molar-refractivity contribution is 6.30. The normalized spacial score (nSPS) is 12.2. The average Bonchev–Trinajstić information content (AvgIpc) is 2.93. The standard InChI is InChI=1S/C30H35ClN2O5/c1-5-21(2)32-30(35)28(15-22-10-7-6-8-11-22)33(19-23-12-9-13-24(31)14-23)29(34)20-38-27-17-25(36-3)16-26(18-27)37-4/h6-14,16-18,21,28H,5,15,19-20H2,1-4H3,(H,32,35)/t21-,28+/m0/s1. The van der Waals surface area contributed by atoms with Crippen LogP contribution in [0.1, 0.15) is 31.4 Å². The summed E-state index contributed by atoms with van der Waals surface area (Å²) in [6, 6.07) is 21.2.